The van der Waals surface area contributed by atoms with Gasteiger partial charge in [0.15, 0.2) is 11.4 Å². The molecule has 2 unspecified atom stereocenters. The Morgan fingerprint density at radius 3 is 1.62 bits per heavy atom. The van der Waals surface area contributed by atoms with Gasteiger partial charge < -0.3 is 20.2 Å². The molecule has 0 spiro atoms. The Kier molecular flexibility index (Phi) is 8.50. The highest BCUT2D eigenvalue weighted by Gasteiger charge is 2.21. The van der Waals surface area contributed by atoms with E-state index >= 15 is 0 Å². The van der Waals surface area contributed by atoms with Crippen LogP contribution < -0.4 is 25.1 Å². The minimum Gasteiger partial charge on any atom is -0.595 e. The Morgan fingerprint density at radius 1 is 0.811 bits per heavy atom. The van der Waals surface area contributed by atoms with Gasteiger partial charge in [-0.1, -0.05) is 29.8 Å². The van der Waals surface area contributed by atoms with Crippen LogP contribution in [0.1, 0.15) is 16.7 Å². The van der Waals surface area contributed by atoms with E-state index in [0.29, 0.717) is 11.4 Å². The summed E-state index contributed by atoms with van der Waals surface area (Å²) in [4.78, 5) is 5.47. The summed E-state index contributed by atoms with van der Waals surface area (Å²) in [5.74, 6) is 0. The zero-order chi connectivity index (χ0) is 27.5. The molecule has 3 aromatic rings. The quantitative estimate of drug-likeness (QED) is 0.199. The van der Waals surface area contributed by atoms with E-state index in [1.807, 2.05) is 6.92 Å². The average molecular weight is 531 g/mol. The molecule has 0 amide bonds. The molecule has 37 heavy (non-hydrogen) atoms. The summed E-state index contributed by atoms with van der Waals surface area (Å²) in [5, 5.41) is 45.3. The maximum absolute atomic E-state index is 12.9. The number of nitrogens with zero attached hydrogens (tertiary/aromatic N) is 3. The molecule has 13 heteroatoms. The zero-order valence-electron chi connectivity index (χ0n) is 21.1. The smallest absolute Gasteiger partial charge is 0.276 e. The van der Waals surface area contributed by atoms with Crippen LogP contribution in [0.25, 0.3) is 0 Å². The first kappa shape index (κ1) is 28.0. The third kappa shape index (κ3) is 6.42. The highest BCUT2D eigenvalue weighted by Crippen LogP contribution is 2.27. The van der Waals surface area contributed by atoms with Gasteiger partial charge in [-0.15, -0.1) is 0 Å². The third-order valence-corrected chi connectivity index (χ3v) is 6.80. The second-order valence-electron chi connectivity index (χ2n) is 8.73. The van der Waals surface area contributed by atoms with Gasteiger partial charge in [-0.2, -0.15) is 28.8 Å². The molecule has 12 nitrogen and oxygen atoms in total. The lowest BCUT2D eigenvalue weighted by atomic mass is 10.00. The first-order valence-corrected chi connectivity index (χ1v) is 12.6. The lowest BCUT2D eigenvalue weighted by molar-refractivity contribution is -0.990. The Labute approximate surface area is 215 Å². The van der Waals surface area contributed by atoms with Crippen LogP contribution in [0.3, 0.4) is 0 Å². The number of aryl methyl sites for hydroxylation is 1. The van der Waals surface area contributed by atoms with E-state index < -0.39 is 20.5 Å². The molecule has 0 saturated heterocycles. The normalized spacial score (nSPS) is 13.0. The van der Waals surface area contributed by atoms with Crippen LogP contribution in [0.4, 0.5) is 22.7 Å². The van der Waals surface area contributed by atoms with Gasteiger partial charge in [0.05, 0.1) is 10.6 Å². The van der Waals surface area contributed by atoms with Crippen molar-refractivity contribution in [2.75, 3.05) is 38.0 Å². The van der Waals surface area contributed by atoms with Crippen LogP contribution in [0.15, 0.2) is 70.7 Å². The molecule has 0 fully saturated rings. The number of hydrogen-bond donors (Lipinski definition) is 5. The lowest BCUT2D eigenvalue weighted by Gasteiger charge is -2.23. The second kappa shape index (κ2) is 11.2. The molecule has 2 atom stereocenters. The molecule has 0 bridgehead atoms. The van der Waals surface area contributed by atoms with Crippen LogP contribution in [-0.4, -0.2) is 52.7 Å². The number of quaternary nitrogens is 2. The third-order valence-electron chi connectivity index (χ3n) is 5.57. The molecule has 5 N–H and O–H groups in total. The van der Waals surface area contributed by atoms with E-state index in [0.717, 1.165) is 5.56 Å². The van der Waals surface area contributed by atoms with Gasteiger partial charge in [0.25, 0.3) is 10.0 Å². The molecule has 0 aliphatic carbocycles. The number of anilines is 2. The van der Waals surface area contributed by atoms with Crippen LogP contribution in [0, 0.1) is 17.3 Å². The molecule has 0 radical (unpaired) electrons. The van der Waals surface area contributed by atoms with Gasteiger partial charge in [-0.3, -0.25) is 0 Å². The molecular formula is C24H30N6O6S. The van der Waals surface area contributed by atoms with Crippen LogP contribution in [-0.2, 0) is 10.0 Å². The highest BCUT2D eigenvalue weighted by molar-refractivity contribution is 7.89. The summed E-state index contributed by atoms with van der Waals surface area (Å²) in [5.41, 5.74) is 2.31. The Balaban J connectivity index is 2.21. The predicted molar refractivity (Wildman–Crippen MR) is 140 cm³/mol. The fourth-order valence-electron chi connectivity index (χ4n) is 3.66. The molecule has 0 aromatic heterocycles. The van der Waals surface area contributed by atoms with Gasteiger partial charge in [0.1, 0.15) is 11.4 Å². The second-order valence-corrected chi connectivity index (χ2v) is 10.4. The molecule has 0 aliphatic heterocycles. The maximum Gasteiger partial charge on any atom is 0.276 e. The van der Waals surface area contributed by atoms with Crippen LogP contribution in [0.5, 0.6) is 0 Å². The SMILES string of the molecule is Cc1ccc(S(=O)(=O)NN=C(c2ccc(N(C)C)c([NH+]([O-])O)c2)c2ccc(N(C)C)c([NH+]([O-])O)c2)cc1. The minimum absolute atomic E-state index is 0.00967. The van der Waals surface area contributed by atoms with Crippen molar-refractivity contribution >= 4 is 38.5 Å². The van der Waals surface area contributed by atoms with Crippen molar-refractivity contribution in [3.63, 3.8) is 0 Å². The first-order valence-electron chi connectivity index (χ1n) is 11.1. The largest absolute Gasteiger partial charge is 0.595 e. The van der Waals surface area contributed by atoms with E-state index in [4.69, 9.17) is 0 Å². The average Bonchev–Trinajstić information content (AvgIpc) is 2.83. The van der Waals surface area contributed by atoms with Gasteiger partial charge in [0.2, 0.25) is 0 Å². The van der Waals surface area contributed by atoms with E-state index in [1.165, 1.54) is 24.3 Å². The van der Waals surface area contributed by atoms with Crippen molar-refractivity contribution in [3.8, 4) is 0 Å². The molecular weight excluding hydrogens is 500 g/mol. The number of benzene rings is 3. The van der Waals surface area contributed by atoms with E-state index in [1.54, 1.807) is 74.4 Å². The van der Waals surface area contributed by atoms with Crippen LogP contribution >= 0.6 is 0 Å². The zero-order valence-corrected chi connectivity index (χ0v) is 21.9. The number of sulfonamides is 1. The van der Waals surface area contributed by atoms with Crippen LogP contribution in [0.2, 0.25) is 0 Å². The summed E-state index contributed by atoms with van der Waals surface area (Å²) in [6.07, 6.45) is 0. The van der Waals surface area contributed by atoms with E-state index in [-0.39, 0.29) is 33.1 Å². The summed E-state index contributed by atoms with van der Waals surface area (Å²) in [6, 6.07) is 15.3. The Morgan fingerprint density at radius 2 is 1.24 bits per heavy atom. The maximum atomic E-state index is 12.9. The van der Waals surface area contributed by atoms with Crippen molar-refractivity contribution in [2.45, 2.75) is 11.8 Å². The van der Waals surface area contributed by atoms with Crippen molar-refractivity contribution in [2.24, 2.45) is 5.10 Å². The van der Waals surface area contributed by atoms with Crippen molar-refractivity contribution < 1.29 is 29.3 Å². The standard InChI is InChI=1S/C24H30N6O6S/c1-16-6-10-19(11-7-16)37(35,36)26-25-24(17-8-12-20(27(2)3)22(14-17)29(31)32)18-9-13-21(28(4)5)23(15-18)30(33)34/h6-15,26,29-31,33H,1-5H3. The van der Waals surface area contributed by atoms with E-state index in [9.17, 15) is 29.2 Å². The Hall–Kier alpha value is -3.56. The number of hydrogen-bond acceptors (Lipinski definition) is 9. The fraction of sp³-hybridized carbons (Fsp3) is 0.208. The molecule has 3 rings (SSSR count). The fourth-order valence-corrected chi connectivity index (χ4v) is 4.47. The lowest BCUT2D eigenvalue weighted by Crippen LogP contribution is -2.99. The van der Waals surface area contributed by atoms with Crippen molar-refractivity contribution in [3.05, 3.63) is 87.8 Å². The summed E-state index contributed by atoms with van der Waals surface area (Å²) < 4.78 is 25.9. The molecule has 0 aliphatic rings. The minimum atomic E-state index is -4.07. The Bertz CT molecular complexity index is 1320. The molecule has 3 aromatic carbocycles. The van der Waals surface area contributed by atoms with Gasteiger partial charge in [-0.05, 0) is 31.2 Å². The first-order chi connectivity index (χ1) is 17.3. The molecule has 0 heterocycles. The van der Waals surface area contributed by atoms with Gasteiger partial charge in [0, 0.05) is 51.5 Å². The summed E-state index contributed by atoms with van der Waals surface area (Å²) in [6.45, 7) is 1.83. The van der Waals surface area contributed by atoms with Crippen molar-refractivity contribution in [1.82, 2.24) is 4.83 Å². The number of hydrazone groups is 1. The summed E-state index contributed by atoms with van der Waals surface area (Å²) >= 11 is 0. The van der Waals surface area contributed by atoms with E-state index in [2.05, 4.69) is 9.93 Å². The highest BCUT2D eigenvalue weighted by atomic mass is 32.2. The summed E-state index contributed by atoms with van der Waals surface area (Å²) in [7, 11) is 2.73. The number of rotatable bonds is 9. The monoisotopic (exact) mass is 530 g/mol. The molecule has 198 valence electrons. The van der Waals surface area contributed by atoms with Gasteiger partial charge in [-0.25, -0.2) is 10.4 Å². The number of nitrogens with one attached hydrogen (secondary N) is 3. The molecule has 0 saturated carbocycles. The van der Waals surface area contributed by atoms with Gasteiger partial charge >= 0.3 is 0 Å². The predicted octanol–water partition coefficient (Wildman–Crippen LogP) is 0.665. The van der Waals surface area contributed by atoms with Crippen molar-refractivity contribution in [1.29, 1.82) is 0 Å². The topological polar surface area (TPSA) is 160 Å².